The lowest BCUT2D eigenvalue weighted by molar-refractivity contribution is 1.20. The van der Waals surface area contributed by atoms with Crippen molar-refractivity contribution in [2.75, 3.05) is 0 Å². The van der Waals surface area contributed by atoms with E-state index in [9.17, 15) is 5.26 Å². The summed E-state index contributed by atoms with van der Waals surface area (Å²) in [5, 5.41) is 17.7. The summed E-state index contributed by atoms with van der Waals surface area (Å²) in [5.74, 6) is 0. The molecule has 3 aromatic heterocycles. The zero-order valence-corrected chi connectivity index (χ0v) is 30.0. The van der Waals surface area contributed by atoms with Gasteiger partial charge in [-0.2, -0.15) is 5.26 Å². The highest BCUT2D eigenvalue weighted by molar-refractivity contribution is 7.26. The molecule has 11 aromatic rings. The molecule has 0 N–H and O–H groups in total. The van der Waals surface area contributed by atoms with Gasteiger partial charge in [0, 0.05) is 41.7 Å². The van der Waals surface area contributed by atoms with Crippen molar-refractivity contribution in [3.05, 3.63) is 175 Å². The van der Waals surface area contributed by atoms with Crippen molar-refractivity contribution < 1.29 is 0 Å². The fourth-order valence-electron chi connectivity index (χ4n) is 8.19. The third-order valence-electron chi connectivity index (χ3n) is 10.7. The van der Waals surface area contributed by atoms with Gasteiger partial charge in [0.25, 0.3) is 0 Å². The first-order valence-corrected chi connectivity index (χ1v) is 19.4. The van der Waals surface area contributed by atoms with Gasteiger partial charge in [-0.15, -0.1) is 22.7 Å². The second-order valence-electron chi connectivity index (χ2n) is 13.6. The number of benzene rings is 8. The molecule has 246 valence electrons. The van der Waals surface area contributed by atoms with Crippen LogP contribution in [-0.4, -0.2) is 4.57 Å². The van der Waals surface area contributed by atoms with Gasteiger partial charge < -0.3 is 4.57 Å². The molecule has 2 nitrogen and oxygen atoms in total. The molecule has 0 aliphatic carbocycles. The molecule has 0 saturated carbocycles. The Labute approximate surface area is 313 Å². The smallest absolute Gasteiger partial charge is 0.101 e. The maximum absolute atomic E-state index is 10.4. The standard InChI is InChI=1S/C49H28N2S2/c50-29-35-19-22-36(34-18-23-38-37-14-7-8-17-45(37)52-46(38)28-34)47-39-15-9-16-44(49(39)53-48(35)47)51-42-24-20-32(30-10-3-1-4-11-30)26-40(42)41-27-33(21-25-43(41)51)31-12-5-2-6-13-31/h1-28H. The minimum atomic E-state index is 0.709. The third-order valence-corrected chi connectivity index (χ3v) is 13.1. The fourth-order valence-corrected chi connectivity index (χ4v) is 10.6. The van der Waals surface area contributed by atoms with Crippen LogP contribution in [0.1, 0.15) is 5.56 Å². The SMILES string of the molecule is N#Cc1ccc(-c2ccc3c(c2)sc2ccccc23)c2c1sc1c(-n3c4ccc(-c5ccccc5)cc4c4cc(-c5ccccc5)ccc43)cccc12. The van der Waals surface area contributed by atoms with Crippen LogP contribution in [0.2, 0.25) is 0 Å². The first kappa shape index (κ1) is 30.1. The molecule has 0 radical (unpaired) electrons. The lowest BCUT2D eigenvalue weighted by Crippen LogP contribution is -1.94. The second kappa shape index (κ2) is 11.8. The van der Waals surface area contributed by atoms with Crippen LogP contribution in [0.5, 0.6) is 0 Å². The molecule has 0 saturated heterocycles. The Hall–Kier alpha value is -6.51. The van der Waals surface area contributed by atoms with E-state index in [1.807, 2.05) is 17.4 Å². The molecule has 0 aliphatic heterocycles. The predicted octanol–water partition coefficient (Wildman–Crippen LogP) is 14.4. The largest absolute Gasteiger partial charge is 0.308 e. The zero-order valence-electron chi connectivity index (χ0n) is 28.4. The minimum absolute atomic E-state index is 0.709. The van der Waals surface area contributed by atoms with Gasteiger partial charge >= 0.3 is 0 Å². The Morgan fingerprint density at radius 1 is 0.415 bits per heavy atom. The van der Waals surface area contributed by atoms with E-state index in [1.165, 1.54) is 68.8 Å². The fraction of sp³-hybridized carbons (Fsp3) is 0. The molecular weight excluding hydrogens is 681 g/mol. The number of aromatic nitrogens is 1. The average molecular weight is 709 g/mol. The lowest BCUT2D eigenvalue weighted by Gasteiger charge is -2.11. The van der Waals surface area contributed by atoms with Crippen molar-refractivity contribution in [2.45, 2.75) is 0 Å². The van der Waals surface area contributed by atoms with E-state index in [-0.39, 0.29) is 0 Å². The quantitative estimate of drug-likeness (QED) is 0.179. The normalized spacial score (nSPS) is 11.8. The van der Waals surface area contributed by atoms with Gasteiger partial charge in [-0.25, -0.2) is 0 Å². The summed E-state index contributed by atoms with van der Waals surface area (Å²) in [4.78, 5) is 0. The molecule has 0 aliphatic rings. The van der Waals surface area contributed by atoms with Crippen LogP contribution in [0.4, 0.5) is 0 Å². The summed E-state index contributed by atoms with van der Waals surface area (Å²) >= 11 is 3.57. The van der Waals surface area contributed by atoms with Crippen LogP contribution in [-0.2, 0) is 0 Å². The molecule has 3 heterocycles. The van der Waals surface area contributed by atoms with Gasteiger partial charge in [0.2, 0.25) is 0 Å². The van der Waals surface area contributed by atoms with Gasteiger partial charge in [-0.05, 0) is 81.9 Å². The van der Waals surface area contributed by atoms with Crippen LogP contribution in [0, 0.1) is 11.3 Å². The van der Waals surface area contributed by atoms with Gasteiger partial charge in [0.15, 0.2) is 0 Å². The van der Waals surface area contributed by atoms with Crippen LogP contribution in [0.15, 0.2) is 170 Å². The second-order valence-corrected chi connectivity index (χ2v) is 15.7. The van der Waals surface area contributed by atoms with Crippen LogP contribution in [0.3, 0.4) is 0 Å². The first-order valence-electron chi connectivity index (χ1n) is 17.7. The highest BCUT2D eigenvalue weighted by Crippen LogP contribution is 2.47. The van der Waals surface area contributed by atoms with Crippen molar-refractivity contribution in [1.29, 1.82) is 5.26 Å². The molecule has 0 unspecified atom stereocenters. The molecule has 0 fully saturated rings. The average Bonchev–Trinajstić information content (AvgIpc) is 3.90. The van der Waals surface area contributed by atoms with E-state index in [0.717, 1.165) is 32.4 Å². The summed E-state index contributed by atoms with van der Waals surface area (Å²) in [6.07, 6.45) is 0. The highest BCUT2D eigenvalue weighted by Gasteiger charge is 2.21. The molecule has 4 heteroatoms. The Bertz CT molecular complexity index is 3190. The van der Waals surface area contributed by atoms with Gasteiger partial charge in [-0.1, -0.05) is 121 Å². The van der Waals surface area contributed by atoms with Gasteiger partial charge in [-0.3, -0.25) is 0 Å². The van der Waals surface area contributed by atoms with E-state index >= 15 is 0 Å². The molecular formula is C49H28N2S2. The highest BCUT2D eigenvalue weighted by atomic mass is 32.1. The molecule has 0 amide bonds. The topological polar surface area (TPSA) is 28.7 Å². The van der Waals surface area contributed by atoms with Crippen LogP contribution < -0.4 is 0 Å². The van der Waals surface area contributed by atoms with Crippen molar-refractivity contribution >= 4 is 84.8 Å². The number of thiophene rings is 2. The predicted molar refractivity (Wildman–Crippen MR) is 228 cm³/mol. The summed E-state index contributed by atoms with van der Waals surface area (Å²) in [5.41, 5.74) is 11.3. The number of rotatable bonds is 4. The maximum Gasteiger partial charge on any atom is 0.101 e. The van der Waals surface area contributed by atoms with Crippen LogP contribution >= 0.6 is 22.7 Å². The van der Waals surface area contributed by atoms with Crippen molar-refractivity contribution in [3.63, 3.8) is 0 Å². The molecule has 11 rings (SSSR count). The van der Waals surface area contributed by atoms with E-state index < -0.39 is 0 Å². The van der Waals surface area contributed by atoms with Gasteiger partial charge in [0.1, 0.15) is 6.07 Å². The monoisotopic (exact) mass is 708 g/mol. The number of hydrogen-bond acceptors (Lipinski definition) is 3. The van der Waals surface area contributed by atoms with Crippen molar-refractivity contribution in [2.24, 2.45) is 0 Å². The summed E-state index contributed by atoms with van der Waals surface area (Å²) in [6, 6.07) is 63.8. The third kappa shape index (κ3) is 4.62. The summed E-state index contributed by atoms with van der Waals surface area (Å²) in [7, 11) is 0. The molecule has 0 atom stereocenters. The number of fused-ring (bicyclic) bond motifs is 9. The van der Waals surface area contributed by atoms with E-state index in [2.05, 4.69) is 174 Å². The van der Waals surface area contributed by atoms with E-state index in [0.29, 0.717) is 5.56 Å². The van der Waals surface area contributed by atoms with Gasteiger partial charge in [0.05, 0.1) is 31.7 Å². The molecule has 0 spiro atoms. The van der Waals surface area contributed by atoms with E-state index in [1.54, 1.807) is 11.3 Å². The number of nitrogens with zero attached hydrogens (tertiary/aromatic N) is 2. The summed E-state index contributed by atoms with van der Waals surface area (Å²) < 4.78 is 7.21. The molecule has 53 heavy (non-hydrogen) atoms. The Kier molecular flexibility index (Phi) is 6.69. The molecule has 8 aromatic carbocycles. The zero-order chi connectivity index (χ0) is 35.0. The van der Waals surface area contributed by atoms with Crippen LogP contribution in [0.25, 0.3) is 101 Å². The lowest BCUT2D eigenvalue weighted by atomic mass is 9.96. The number of hydrogen-bond donors (Lipinski definition) is 0. The first-order chi connectivity index (χ1) is 26.2. The number of nitriles is 1. The Morgan fingerprint density at radius 3 is 1.74 bits per heavy atom. The minimum Gasteiger partial charge on any atom is -0.308 e. The summed E-state index contributed by atoms with van der Waals surface area (Å²) in [6.45, 7) is 0. The maximum atomic E-state index is 10.4. The van der Waals surface area contributed by atoms with Crippen molar-refractivity contribution in [3.8, 4) is 45.1 Å². The Morgan fingerprint density at radius 2 is 1.04 bits per heavy atom. The van der Waals surface area contributed by atoms with Crippen molar-refractivity contribution in [1.82, 2.24) is 4.57 Å². The Balaban J connectivity index is 1.18. The van der Waals surface area contributed by atoms with E-state index in [4.69, 9.17) is 0 Å². The molecule has 0 bridgehead atoms.